The number of nitrogens with zero attached hydrogens (tertiary/aromatic N) is 3. The summed E-state index contributed by atoms with van der Waals surface area (Å²) < 4.78 is 1.78. The van der Waals surface area contributed by atoms with Crippen LogP contribution < -0.4 is 5.32 Å². The second-order valence-electron chi connectivity index (χ2n) is 4.58. The van der Waals surface area contributed by atoms with Crippen molar-refractivity contribution in [2.24, 2.45) is 0 Å². The molecular formula is C14H16N4O3. The lowest BCUT2D eigenvalue weighted by atomic mass is 10.1. The van der Waals surface area contributed by atoms with Crippen LogP contribution in [0.25, 0.3) is 0 Å². The first kappa shape index (κ1) is 14.7. The van der Waals surface area contributed by atoms with Gasteiger partial charge in [-0.15, -0.1) is 0 Å². The Morgan fingerprint density at radius 2 is 2.19 bits per heavy atom. The van der Waals surface area contributed by atoms with Crippen molar-refractivity contribution in [1.29, 1.82) is 0 Å². The van der Waals surface area contributed by atoms with Crippen molar-refractivity contribution in [3.05, 3.63) is 57.4 Å². The standard InChI is InChI=1S/C14H16N4O3/c1-3-17-12(6-7-16-17)9-15-14(19)11-5-4-10(2)13(8-11)18(20)21/h4-8H,3,9H2,1-2H3,(H,15,19). The predicted octanol–water partition coefficient (Wildman–Crippen LogP) is 2.05. The number of benzene rings is 1. The summed E-state index contributed by atoms with van der Waals surface area (Å²) in [7, 11) is 0. The Kier molecular flexibility index (Phi) is 4.32. The molecule has 0 saturated heterocycles. The topological polar surface area (TPSA) is 90.1 Å². The summed E-state index contributed by atoms with van der Waals surface area (Å²) in [5.41, 5.74) is 1.63. The van der Waals surface area contributed by atoms with E-state index in [9.17, 15) is 14.9 Å². The SMILES string of the molecule is CCn1nccc1CNC(=O)c1ccc(C)c([N+](=O)[O-])c1. The number of hydrogen-bond acceptors (Lipinski definition) is 4. The Bertz CT molecular complexity index is 679. The van der Waals surface area contributed by atoms with Crippen LogP contribution in [-0.4, -0.2) is 20.6 Å². The molecule has 0 spiro atoms. The van der Waals surface area contributed by atoms with Crippen molar-refractivity contribution in [1.82, 2.24) is 15.1 Å². The summed E-state index contributed by atoms with van der Waals surface area (Å²) in [6, 6.07) is 6.27. The van der Waals surface area contributed by atoms with E-state index in [2.05, 4.69) is 10.4 Å². The van der Waals surface area contributed by atoms with Crippen LogP contribution in [0, 0.1) is 17.0 Å². The van der Waals surface area contributed by atoms with E-state index in [1.807, 2.05) is 13.0 Å². The molecule has 0 saturated carbocycles. The van der Waals surface area contributed by atoms with E-state index in [1.165, 1.54) is 6.07 Å². The Morgan fingerprint density at radius 1 is 1.43 bits per heavy atom. The van der Waals surface area contributed by atoms with Crippen LogP contribution >= 0.6 is 0 Å². The van der Waals surface area contributed by atoms with Crippen LogP contribution in [0.3, 0.4) is 0 Å². The molecule has 2 aromatic rings. The summed E-state index contributed by atoms with van der Waals surface area (Å²) in [4.78, 5) is 22.5. The van der Waals surface area contributed by atoms with Gasteiger partial charge in [0.1, 0.15) is 0 Å². The lowest BCUT2D eigenvalue weighted by molar-refractivity contribution is -0.385. The molecule has 0 fully saturated rings. The normalized spacial score (nSPS) is 10.4. The van der Waals surface area contributed by atoms with Crippen molar-refractivity contribution >= 4 is 11.6 Å². The Hall–Kier alpha value is -2.70. The van der Waals surface area contributed by atoms with E-state index in [4.69, 9.17) is 0 Å². The predicted molar refractivity (Wildman–Crippen MR) is 76.9 cm³/mol. The zero-order valence-electron chi connectivity index (χ0n) is 11.9. The van der Waals surface area contributed by atoms with Crippen LogP contribution in [0.5, 0.6) is 0 Å². The molecular weight excluding hydrogens is 272 g/mol. The maximum Gasteiger partial charge on any atom is 0.273 e. The Labute approximate surface area is 121 Å². The second kappa shape index (κ2) is 6.17. The van der Waals surface area contributed by atoms with Gasteiger partial charge < -0.3 is 5.32 Å². The van der Waals surface area contributed by atoms with Crippen LogP contribution in [0.15, 0.2) is 30.5 Å². The van der Waals surface area contributed by atoms with Gasteiger partial charge in [0.05, 0.1) is 17.2 Å². The fourth-order valence-corrected chi connectivity index (χ4v) is 2.02. The molecule has 0 aliphatic heterocycles. The summed E-state index contributed by atoms with van der Waals surface area (Å²) in [5, 5.41) is 17.7. The maximum atomic E-state index is 12.1. The van der Waals surface area contributed by atoms with Crippen molar-refractivity contribution in [3.63, 3.8) is 0 Å². The lowest BCUT2D eigenvalue weighted by Gasteiger charge is -2.07. The van der Waals surface area contributed by atoms with Gasteiger partial charge >= 0.3 is 0 Å². The summed E-state index contributed by atoms with van der Waals surface area (Å²) in [6.07, 6.45) is 1.67. The largest absolute Gasteiger partial charge is 0.346 e. The minimum absolute atomic E-state index is 0.0544. The highest BCUT2D eigenvalue weighted by molar-refractivity contribution is 5.94. The molecule has 7 nitrogen and oxygen atoms in total. The quantitative estimate of drug-likeness (QED) is 0.673. The number of rotatable bonds is 5. The number of hydrogen-bond donors (Lipinski definition) is 1. The molecule has 1 amide bonds. The Morgan fingerprint density at radius 3 is 2.86 bits per heavy atom. The number of amides is 1. The molecule has 1 aromatic heterocycles. The molecule has 21 heavy (non-hydrogen) atoms. The fourth-order valence-electron chi connectivity index (χ4n) is 2.02. The molecule has 0 bridgehead atoms. The van der Waals surface area contributed by atoms with Crippen molar-refractivity contribution in [3.8, 4) is 0 Å². The zero-order valence-corrected chi connectivity index (χ0v) is 11.9. The molecule has 0 radical (unpaired) electrons. The highest BCUT2D eigenvalue weighted by atomic mass is 16.6. The third-order valence-electron chi connectivity index (χ3n) is 3.20. The number of aromatic nitrogens is 2. The van der Waals surface area contributed by atoms with Crippen molar-refractivity contribution < 1.29 is 9.72 Å². The minimum Gasteiger partial charge on any atom is -0.346 e. The monoisotopic (exact) mass is 288 g/mol. The first-order chi connectivity index (χ1) is 10.0. The third-order valence-corrected chi connectivity index (χ3v) is 3.20. The van der Waals surface area contributed by atoms with E-state index in [0.29, 0.717) is 18.7 Å². The Balaban J connectivity index is 2.10. The van der Waals surface area contributed by atoms with E-state index in [1.54, 1.807) is 29.9 Å². The van der Waals surface area contributed by atoms with Gasteiger partial charge in [0.25, 0.3) is 11.6 Å². The number of nitro groups is 1. The minimum atomic E-state index is -0.488. The van der Waals surface area contributed by atoms with Gasteiger partial charge in [0, 0.05) is 29.9 Å². The lowest BCUT2D eigenvalue weighted by Crippen LogP contribution is -2.24. The molecule has 1 N–H and O–H groups in total. The molecule has 1 heterocycles. The highest BCUT2D eigenvalue weighted by Gasteiger charge is 2.15. The number of nitro benzene ring substituents is 1. The van der Waals surface area contributed by atoms with E-state index < -0.39 is 4.92 Å². The zero-order chi connectivity index (χ0) is 15.4. The molecule has 2 rings (SSSR count). The van der Waals surface area contributed by atoms with Crippen LogP contribution in [-0.2, 0) is 13.1 Å². The first-order valence-corrected chi connectivity index (χ1v) is 6.57. The molecule has 110 valence electrons. The van der Waals surface area contributed by atoms with Crippen LogP contribution in [0.4, 0.5) is 5.69 Å². The summed E-state index contributed by atoms with van der Waals surface area (Å²) in [6.45, 7) is 4.64. The molecule has 1 aromatic carbocycles. The van der Waals surface area contributed by atoms with E-state index >= 15 is 0 Å². The van der Waals surface area contributed by atoms with Crippen molar-refractivity contribution in [2.45, 2.75) is 26.9 Å². The molecule has 0 aliphatic carbocycles. The molecule has 0 unspecified atom stereocenters. The van der Waals surface area contributed by atoms with Gasteiger partial charge in [0.15, 0.2) is 0 Å². The first-order valence-electron chi connectivity index (χ1n) is 6.57. The summed E-state index contributed by atoms with van der Waals surface area (Å²) >= 11 is 0. The highest BCUT2D eigenvalue weighted by Crippen LogP contribution is 2.19. The maximum absolute atomic E-state index is 12.1. The van der Waals surface area contributed by atoms with E-state index in [0.717, 1.165) is 5.69 Å². The second-order valence-corrected chi connectivity index (χ2v) is 4.58. The number of carbonyl (C=O) groups is 1. The van der Waals surface area contributed by atoms with Gasteiger partial charge in [-0.25, -0.2) is 0 Å². The number of nitrogens with one attached hydrogen (secondary N) is 1. The average Bonchev–Trinajstić information content (AvgIpc) is 2.92. The fraction of sp³-hybridized carbons (Fsp3) is 0.286. The number of aryl methyl sites for hydroxylation is 2. The number of carbonyl (C=O) groups excluding carboxylic acids is 1. The molecule has 0 atom stereocenters. The van der Waals surface area contributed by atoms with Crippen LogP contribution in [0.2, 0.25) is 0 Å². The third kappa shape index (κ3) is 3.25. The summed E-state index contributed by atoms with van der Waals surface area (Å²) in [5.74, 6) is -0.345. The van der Waals surface area contributed by atoms with Gasteiger partial charge in [-0.1, -0.05) is 6.07 Å². The molecule has 7 heteroatoms. The van der Waals surface area contributed by atoms with E-state index in [-0.39, 0.29) is 17.2 Å². The average molecular weight is 288 g/mol. The van der Waals surface area contributed by atoms with Crippen molar-refractivity contribution in [2.75, 3.05) is 0 Å². The van der Waals surface area contributed by atoms with Gasteiger partial charge in [-0.2, -0.15) is 5.10 Å². The van der Waals surface area contributed by atoms with Gasteiger partial charge in [-0.05, 0) is 26.0 Å². The smallest absolute Gasteiger partial charge is 0.273 e. The van der Waals surface area contributed by atoms with Gasteiger partial charge in [-0.3, -0.25) is 19.6 Å². The van der Waals surface area contributed by atoms with Crippen LogP contribution in [0.1, 0.15) is 28.5 Å². The van der Waals surface area contributed by atoms with Gasteiger partial charge in [0.2, 0.25) is 0 Å². The molecule has 0 aliphatic rings.